The van der Waals surface area contributed by atoms with Crippen LogP contribution in [-0.2, 0) is 19.1 Å². The first-order chi connectivity index (χ1) is 14.0. The number of β-amino-alcohol motifs (C(OH)–C–C–N with tert-alkyl or cyclic N) is 1. The highest BCUT2D eigenvalue weighted by Gasteiger charge is 2.71. The fourth-order valence-corrected chi connectivity index (χ4v) is 7.31. The third-order valence-corrected chi connectivity index (χ3v) is 8.27. The summed E-state index contributed by atoms with van der Waals surface area (Å²) in [5.41, 5.74) is 0. The molecule has 4 aliphatic heterocycles. The number of esters is 1. The van der Waals surface area contributed by atoms with E-state index in [1.54, 1.807) is 0 Å². The smallest absolute Gasteiger partial charge is 0.311 e. The lowest BCUT2D eigenvalue weighted by atomic mass is 9.78. The number of hydrogen-bond donors (Lipinski definition) is 1. The SMILES string of the molecule is CCCC(C)N1CC=C[C@]23S[C@H]4C=CCOC(=O)[C@H]4[C@H]2C(=O)N(CCO)C3C1=O. The Morgan fingerprint density at radius 1 is 1.31 bits per heavy atom. The summed E-state index contributed by atoms with van der Waals surface area (Å²) in [6.45, 7) is 4.67. The van der Waals surface area contributed by atoms with Crippen molar-refractivity contribution in [2.45, 2.75) is 48.8 Å². The van der Waals surface area contributed by atoms with Gasteiger partial charge in [-0.3, -0.25) is 14.4 Å². The highest BCUT2D eigenvalue weighted by atomic mass is 32.2. The maximum Gasteiger partial charge on any atom is 0.311 e. The number of carbonyl (C=O) groups is 3. The molecule has 0 aromatic rings. The number of likely N-dealkylation sites (tertiary alicyclic amines) is 1. The van der Waals surface area contributed by atoms with Crippen LogP contribution in [0.25, 0.3) is 0 Å². The average molecular weight is 421 g/mol. The van der Waals surface area contributed by atoms with Crippen molar-refractivity contribution in [1.29, 1.82) is 0 Å². The highest BCUT2D eigenvalue weighted by Crippen LogP contribution is 2.60. The summed E-state index contributed by atoms with van der Waals surface area (Å²) in [5, 5.41) is 9.40. The minimum Gasteiger partial charge on any atom is -0.461 e. The molecule has 2 saturated heterocycles. The molecule has 0 bridgehead atoms. The van der Waals surface area contributed by atoms with Gasteiger partial charge in [0.25, 0.3) is 0 Å². The molecular formula is C21H28N2O5S. The molecule has 7 nitrogen and oxygen atoms in total. The van der Waals surface area contributed by atoms with Gasteiger partial charge in [-0.1, -0.05) is 37.6 Å². The van der Waals surface area contributed by atoms with E-state index in [9.17, 15) is 19.5 Å². The van der Waals surface area contributed by atoms with E-state index >= 15 is 0 Å². The van der Waals surface area contributed by atoms with Crippen LogP contribution in [0.5, 0.6) is 0 Å². The molecule has 2 unspecified atom stereocenters. The van der Waals surface area contributed by atoms with Gasteiger partial charge in [-0.15, -0.1) is 11.8 Å². The fourth-order valence-electron chi connectivity index (χ4n) is 5.30. The molecule has 6 atom stereocenters. The first-order valence-corrected chi connectivity index (χ1v) is 11.2. The fraction of sp³-hybridized carbons (Fsp3) is 0.667. The minimum atomic E-state index is -0.819. The maximum absolute atomic E-state index is 13.7. The molecule has 158 valence electrons. The number of carbonyl (C=O) groups excluding carboxylic acids is 3. The zero-order valence-corrected chi connectivity index (χ0v) is 17.6. The second-order valence-corrected chi connectivity index (χ2v) is 9.67. The van der Waals surface area contributed by atoms with Crippen molar-refractivity contribution in [3.8, 4) is 0 Å². The van der Waals surface area contributed by atoms with E-state index in [1.807, 2.05) is 36.1 Å². The van der Waals surface area contributed by atoms with Crippen LogP contribution in [0.4, 0.5) is 0 Å². The van der Waals surface area contributed by atoms with Crippen LogP contribution < -0.4 is 0 Å². The van der Waals surface area contributed by atoms with Crippen LogP contribution in [0.3, 0.4) is 0 Å². The second-order valence-electron chi connectivity index (χ2n) is 8.19. The topological polar surface area (TPSA) is 87.2 Å². The lowest BCUT2D eigenvalue weighted by Crippen LogP contribution is -2.55. The van der Waals surface area contributed by atoms with Gasteiger partial charge in [-0.2, -0.15) is 0 Å². The van der Waals surface area contributed by atoms with Crippen molar-refractivity contribution in [3.05, 3.63) is 24.3 Å². The Hall–Kier alpha value is -1.80. The van der Waals surface area contributed by atoms with E-state index in [-0.39, 0.29) is 48.8 Å². The van der Waals surface area contributed by atoms with Crippen LogP contribution in [-0.4, -0.2) is 81.1 Å². The molecule has 2 amide bonds. The number of aliphatic hydroxyl groups excluding tert-OH is 1. The number of thioether (sulfide) groups is 1. The first kappa shape index (κ1) is 20.5. The minimum absolute atomic E-state index is 0.0548. The second kappa shape index (κ2) is 7.80. The van der Waals surface area contributed by atoms with Crippen molar-refractivity contribution >= 4 is 29.5 Å². The summed E-state index contributed by atoms with van der Waals surface area (Å²) in [6.07, 6.45) is 9.55. The summed E-state index contributed by atoms with van der Waals surface area (Å²) < 4.78 is 4.50. The van der Waals surface area contributed by atoms with Crippen LogP contribution in [0.1, 0.15) is 26.7 Å². The molecule has 2 fully saturated rings. The molecule has 0 radical (unpaired) electrons. The number of nitrogens with zero attached hydrogens (tertiary/aromatic N) is 2. The Morgan fingerprint density at radius 3 is 2.83 bits per heavy atom. The van der Waals surface area contributed by atoms with Gasteiger partial charge in [-0.05, 0) is 13.3 Å². The lowest BCUT2D eigenvalue weighted by Gasteiger charge is -2.37. The zero-order valence-electron chi connectivity index (χ0n) is 16.8. The number of fused-ring (bicyclic) bond motifs is 2. The monoisotopic (exact) mass is 420 g/mol. The Balaban J connectivity index is 1.79. The lowest BCUT2D eigenvalue weighted by molar-refractivity contribution is -0.151. The molecule has 1 N–H and O–H groups in total. The van der Waals surface area contributed by atoms with Gasteiger partial charge in [0, 0.05) is 24.4 Å². The van der Waals surface area contributed by atoms with Crippen molar-refractivity contribution in [2.75, 3.05) is 26.3 Å². The third kappa shape index (κ3) is 3.03. The molecule has 0 aliphatic carbocycles. The molecule has 0 aromatic carbocycles. The number of cyclic esters (lactones) is 1. The van der Waals surface area contributed by atoms with Crippen molar-refractivity contribution in [1.82, 2.24) is 9.80 Å². The van der Waals surface area contributed by atoms with Crippen LogP contribution in [0.2, 0.25) is 0 Å². The molecule has 29 heavy (non-hydrogen) atoms. The number of rotatable bonds is 5. The van der Waals surface area contributed by atoms with Crippen LogP contribution in [0, 0.1) is 11.8 Å². The largest absolute Gasteiger partial charge is 0.461 e. The third-order valence-electron chi connectivity index (χ3n) is 6.52. The number of ether oxygens (including phenoxy) is 1. The van der Waals surface area contributed by atoms with Crippen molar-refractivity contribution in [3.63, 3.8) is 0 Å². The zero-order chi connectivity index (χ0) is 20.8. The van der Waals surface area contributed by atoms with Gasteiger partial charge in [0.05, 0.1) is 23.2 Å². The summed E-state index contributed by atoms with van der Waals surface area (Å²) in [5.74, 6) is -1.99. The first-order valence-electron chi connectivity index (χ1n) is 10.4. The molecule has 4 rings (SSSR count). The number of hydrogen-bond acceptors (Lipinski definition) is 6. The molecule has 1 spiro atoms. The Kier molecular flexibility index (Phi) is 5.50. The van der Waals surface area contributed by atoms with Gasteiger partial charge in [0.2, 0.25) is 11.8 Å². The highest BCUT2D eigenvalue weighted by molar-refractivity contribution is 8.02. The van der Waals surface area contributed by atoms with Gasteiger partial charge in [0.15, 0.2) is 0 Å². The number of amides is 2. The average Bonchev–Trinajstić information content (AvgIpc) is 2.97. The molecule has 4 aliphatic rings. The summed E-state index contributed by atoms with van der Waals surface area (Å²) in [7, 11) is 0. The molecule has 4 heterocycles. The van der Waals surface area contributed by atoms with Gasteiger partial charge in [-0.25, -0.2) is 0 Å². The standard InChI is InChI=1S/C21H28N2O5S/c1-3-6-13(2)22-9-5-8-21-16(15-14(29-21)7-4-12-28-20(15)27)18(25)23(10-11-24)17(21)19(22)26/h4-5,7-8,13-17,24H,3,6,9-12H2,1-2H3/t13?,14-,15+,16-,17?,21-/m0/s1. The molecule has 0 aromatic heterocycles. The van der Waals surface area contributed by atoms with E-state index < -0.39 is 22.6 Å². The maximum atomic E-state index is 13.7. The molecule has 0 saturated carbocycles. The summed E-state index contributed by atoms with van der Waals surface area (Å²) in [6, 6.07) is -0.664. The molecule has 8 heteroatoms. The van der Waals surface area contributed by atoms with Crippen molar-refractivity contribution < 1.29 is 24.2 Å². The molecular weight excluding hydrogens is 392 g/mol. The quantitative estimate of drug-likeness (QED) is 0.527. The summed E-state index contributed by atoms with van der Waals surface area (Å²) in [4.78, 5) is 43.3. The van der Waals surface area contributed by atoms with Gasteiger partial charge in [0.1, 0.15) is 12.6 Å². The number of aliphatic hydroxyl groups is 1. The van der Waals surface area contributed by atoms with Gasteiger partial charge >= 0.3 is 5.97 Å². The predicted molar refractivity (Wildman–Crippen MR) is 109 cm³/mol. The Morgan fingerprint density at radius 2 is 2.10 bits per heavy atom. The van der Waals surface area contributed by atoms with E-state index in [2.05, 4.69) is 6.92 Å². The van der Waals surface area contributed by atoms with E-state index in [4.69, 9.17) is 4.74 Å². The Labute approximate surface area is 175 Å². The van der Waals surface area contributed by atoms with E-state index in [0.29, 0.717) is 6.54 Å². The summed E-state index contributed by atoms with van der Waals surface area (Å²) >= 11 is 1.53. The van der Waals surface area contributed by atoms with E-state index in [1.165, 1.54) is 16.7 Å². The Bertz CT molecular complexity index is 768. The van der Waals surface area contributed by atoms with Crippen LogP contribution in [0.15, 0.2) is 24.3 Å². The normalized spacial score (nSPS) is 37.0. The van der Waals surface area contributed by atoms with Crippen LogP contribution >= 0.6 is 11.8 Å². The van der Waals surface area contributed by atoms with Gasteiger partial charge < -0.3 is 19.6 Å². The van der Waals surface area contributed by atoms with Crippen molar-refractivity contribution in [2.24, 2.45) is 11.8 Å². The van der Waals surface area contributed by atoms with E-state index in [0.717, 1.165) is 12.8 Å². The predicted octanol–water partition coefficient (Wildman–Crippen LogP) is 0.976.